The smallest absolute Gasteiger partial charge is 0.372 e. The molecule has 1 aromatic heterocycles. The number of aromatic nitrogens is 2. The lowest BCUT2D eigenvalue weighted by Gasteiger charge is -2.11. The van der Waals surface area contributed by atoms with E-state index in [1.54, 1.807) is 0 Å². The van der Waals surface area contributed by atoms with Gasteiger partial charge in [0.05, 0.1) is 23.8 Å². The third kappa shape index (κ3) is 2.78. The van der Waals surface area contributed by atoms with Crippen molar-refractivity contribution in [2.24, 2.45) is 0 Å². The highest BCUT2D eigenvalue weighted by molar-refractivity contribution is 7.94. The van der Waals surface area contributed by atoms with E-state index in [1.807, 2.05) is 0 Å². The fourth-order valence-electron chi connectivity index (χ4n) is 1.62. The van der Waals surface area contributed by atoms with E-state index in [0.717, 1.165) is 11.7 Å². The number of ether oxygens (including phenoxy) is 1. The molecule has 0 aromatic carbocycles. The van der Waals surface area contributed by atoms with Crippen molar-refractivity contribution in [1.82, 2.24) is 9.97 Å². The van der Waals surface area contributed by atoms with Gasteiger partial charge in [-0.15, -0.1) is 0 Å². The minimum Gasteiger partial charge on any atom is -0.476 e. The van der Waals surface area contributed by atoms with Crippen molar-refractivity contribution in [3.05, 3.63) is 27.9 Å². The van der Waals surface area contributed by atoms with E-state index in [-0.39, 0.29) is 17.5 Å². The maximum absolute atomic E-state index is 11.3. The van der Waals surface area contributed by atoms with Crippen molar-refractivity contribution < 1.29 is 18.1 Å². The van der Waals surface area contributed by atoms with Crippen LogP contribution in [0.4, 0.5) is 11.5 Å². The second-order valence-corrected chi connectivity index (χ2v) is 5.68. The summed E-state index contributed by atoms with van der Waals surface area (Å²) >= 11 is 0. The molecule has 1 aliphatic heterocycles. The minimum atomic E-state index is -3.25. The largest absolute Gasteiger partial charge is 0.476 e. The van der Waals surface area contributed by atoms with E-state index >= 15 is 0 Å². The van der Waals surface area contributed by atoms with Crippen molar-refractivity contribution in [3.63, 3.8) is 0 Å². The molecule has 1 aliphatic rings. The van der Waals surface area contributed by atoms with Gasteiger partial charge in [0.1, 0.15) is 6.33 Å². The molecular weight excluding hydrogens is 276 g/mol. The molecule has 0 bridgehead atoms. The normalized spacial score (nSPS) is 20.2. The van der Waals surface area contributed by atoms with Gasteiger partial charge in [-0.25, -0.2) is 13.4 Å². The van der Waals surface area contributed by atoms with Crippen molar-refractivity contribution in [3.8, 4) is 5.88 Å². The molecule has 9 nitrogen and oxygen atoms in total. The number of nitro groups is 1. The molecule has 2 rings (SSSR count). The average Bonchev–Trinajstić information content (AvgIpc) is 2.68. The number of anilines is 1. The van der Waals surface area contributed by atoms with Crippen LogP contribution in [-0.4, -0.2) is 42.2 Å². The number of nitrogens with zero attached hydrogens (tertiary/aromatic N) is 3. The molecule has 102 valence electrons. The standard InChI is InChI=1S/C9H10N4O5S/c1-18-9-7(13(14)15)8(10-5-11-9)12-6-2-3-19(16,17)4-6/h2-3,5-6H,4H2,1H3,(H,10,11,12). The maximum atomic E-state index is 11.3. The summed E-state index contributed by atoms with van der Waals surface area (Å²) in [7, 11) is -2.00. The zero-order valence-electron chi connectivity index (χ0n) is 9.81. The molecule has 0 saturated heterocycles. The monoisotopic (exact) mass is 286 g/mol. The topological polar surface area (TPSA) is 124 Å². The summed E-state index contributed by atoms with van der Waals surface area (Å²) in [6.07, 6.45) is 2.51. The molecule has 0 fully saturated rings. The summed E-state index contributed by atoms with van der Waals surface area (Å²) in [6.45, 7) is 0. The van der Waals surface area contributed by atoms with Gasteiger partial charge < -0.3 is 10.1 Å². The van der Waals surface area contributed by atoms with Crippen LogP contribution < -0.4 is 10.1 Å². The van der Waals surface area contributed by atoms with Crippen LogP contribution in [0.2, 0.25) is 0 Å². The third-order valence-corrected chi connectivity index (χ3v) is 3.81. The van der Waals surface area contributed by atoms with Gasteiger partial charge in [0, 0.05) is 5.41 Å². The highest BCUT2D eigenvalue weighted by Crippen LogP contribution is 2.31. The summed E-state index contributed by atoms with van der Waals surface area (Å²) in [6, 6.07) is -0.566. The average molecular weight is 286 g/mol. The Kier molecular flexibility index (Phi) is 3.34. The van der Waals surface area contributed by atoms with Gasteiger partial charge >= 0.3 is 5.69 Å². The second kappa shape index (κ2) is 4.80. The Labute approximate surface area is 108 Å². The molecule has 0 amide bonds. The Hall–Kier alpha value is -2.23. The first kappa shape index (κ1) is 13.2. The molecule has 0 spiro atoms. The number of nitrogens with one attached hydrogen (secondary N) is 1. The fourth-order valence-corrected chi connectivity index (χ4v) is 2.86. The number of sulfone groups is 1. The molecule has 10 heteroatoms. The lowest BCUT2D eigenvalue weighted by Crippen LogP contribution is -2.22. The highest BCUT2D eigenvalue weighted by Gasteiger charge is 2.28. The lowest BCUT2D eigenvalue weighted by molar-refractivity contribution is -0.385. The van der Waals surface area contributed by atoms with Crippen molar-refractivity contribution in [2.45, 2.75) is 6.04 Å². The zero-order valence-corrected chi connectivity index (χ0v) is 10.6. The van der Waals surface area contributed by atoms with Gasteiger partial charge in [-0.1, -0.05) is 0 Å². The molecule has 0 aliphatic carbocycles. The van der Waals surface area contributed by atoms with E-state index < -0.39 is 26.5 Å². The maximum Gasteiger partial charge on any atom is 0.372 e. The molecule has 1 aromatic rings. The Morgan fingerprint density at radius 3 is 2.79 bits per heavy atom. The van der Waals surface area contributed by atoms with Gasteiger partial charge in [-0.05, 0) is 6.08 Å². The van der Waals surface area contributed by atoms with Gasteiger partial charge in [0.2, 0.25) is 5.82 Å². The Balaban J connectivity index is 2.31. The summed E-state index contributed by atoms with van der Waals surface area (Å²) < 4.78 is 27.3. The molecule has 0 radical (unpaired) electrons. The van der Waals surface area contributed by atoms with E-state index in [1.165, 1.54) is 13.2 Å². The summed E-state index contributed by atoms with van der Waals surface area (Å²) in [5.41, 5.74) is -0.428. The van der Waals surface area contributed by atoms with Crippen LogP contribution in [0.15, 0.2) is 17.8 Å². The fraction of sp³-hybridized carbons (Fsp3) is 0.333. The number of methoxy groups -OCH3 is 1. The lowest BCUT2D eigenvalue weighted by atomic mass is 10.3. The first-order valence-electron chi connectivity index (χ1n) is 5.14. The number of hydrogen-bond acceptors (Lipinski definition) is 8. The summed E-state index contributed by atoms with van der Waals surface area (Å²) in [4.78, 5) is 17.7. The molecule has 1 unspecified atom stereocenters. The van der Waals surface area contributed by atoms with Crippen LogP contribution in [-0.2, 0) is 9.84 Å². The summed E-state index contributed by atoms with van der Waals surface area (Å²) in [5.74, 6) is -0.438. The SMILES string of the molecule is COc1ncnc(NC2C=CS(=O)(=O)C2)c1[N+](=O)[O-]. The van der Waals surface area contributed by atoms with Gasteiger partial charge in [-0.2, -0.15) is 4.98 Å². The van der Waals surface area contributed by atoms with E-state index in [0.29, 0.717) is 0 Å². The van der Waals surface area contributed by atoms with Crippen molar-refractivity contribution in [1.29, 1.82) is 0 Å². The third-order valence-electron chi connectivity index (χ3n) is 2.42. The van der Waals surface area contributed by atoms with Gasteiger partial charge in [0.15, 0.2) is 9.84 Å². The van der Waals surface area contributed by atoms with Gasteiger partial charge in [-0.3, -0.25) is 10.1 Å². The second-order valence-electron chi connectivity index (χ2n) is 3.75. The molecule has 19 heavy (non-hydrogen) atoms. The van der Waals surface area contributed by atoms with Crippen LogP contribution >= 0.6 is 0 Å². The quantitative estimate of drug-likeness (QED) is 0.611. The Morgan fingerprint density at radius 1 is 1.53 bits per heavy atom. The van der Waals surface area contributed by atoms with Crippen molar-refractivity contribution in [2.75, 3.05) is 18.2 Å². The van der Waals surface area contributed by atoms with E-state index in [9.17, 15) is 18.5 Å². The molecule has 1 atom stereocenters. The van der Waals surface area contributed by atoms with E-state index in [2.05, 4.69) is 15.3 Å². The predicted molar refractivity (Wildman–Crippen MR) is 65.6 cm³/mol. The van der Waals surface area contributed by atoms with Gasteiger partial charge in [0.25, 0.3) is 5.88 Å². The minimum absolute atomic E-state index is 0.0800. The first-order valence-corrected chi connectivity index (χ1v) is 6.85. The van der Waals surface area contributed by atoms with Crippen LogP contribution in [0, 0.1) is 10.1 Å². The summed E-state index contributed by atoms with van der Waals surface area (Å²) in [5, 5.41) is 14.7. The van der Waals surface area contributed by atoms with E-state index in [4.69, 9.17) is 4.74 Å². The van der Waals surface area contributed by atoms with Crippen LogP contribution in [0.1, 0.15) is 0 Å². The highest BCUT2D eigenvalue weighted by atomic mass is 32.2. The van der Waals surface area contributed by atoms with Crippen LogP contribution in [0.25, 0.3) is 0 Å². The molecular formula is C9H10N4O5S. The van der Waals surface area contributed by atoms with Crippen molar-refractivity contribution >= 4 is 21.3 Å². The Morgan fingerprint density at radius 2 is 2.26 bits per heavy atom. The van der Waals surface area contributed by atoms with Crippen LogP contribution in [0.3, 0.4) is 0 Å². The number of rotatable bonds is 4. The molecule has 1 N–H and O–H groups in total. The Bertz CT molecular complexity index is 642. The predicted octanol–water partition coefficient (Wildman–Crippen LogP) is 0.116. The zero-order chi connectivity index (χ0) is 14.0. The first-order chi connectivity index (χ1) is 8.93. The number of hydrogen-bond donors (Lipinski definition) is 1. The molecule has 2 heterocycles. The molecule has 0 saturated carbocycles. The van der Waals surface area contributed by atoms with Crippen LogP contribution in [0.5, 0.6) is 5.88 Å².